The zero-order chi connectivity index (χ0) is 19.4. The summed E-state index contributed by atoms with van der Waals surface area (Å²) in [4.78, 5) is 24.3. The van der Waals surface area contributed by atoms with Gasteiger partial charge >= 0.3 is 5.97 Å². The number of aryl methyl sites for hydroxylation is 1. The second-order valence-corrected chi connectivity index (χ2v) is 7.99. The molecule has 0 atom stereocenters. The van der Waals surface area contributed by atoms with Gasteiger partial charge in [-0.05, 0) is 42.7 Å². The Hall–Kier alpha value is -2.87. The van der Waals surface area contributed by atoms with Crippen LogP contribution in [0.4, 0.5) is 11.4 Å². The maximum absolute atomic E-state index is 12.7. The summed E-state index contributed by atoms with van der Waals surface area (Å²) in [7, 11) is -3.84. The lowest BCUT2D eigenvalue weighted by Gasteiger charge is -2.20. The second kappa shape index (κ2) is 7.79. The van der Waals surface area contributed by atoms with Crippen LogP contribution in [0.25, 0.3) is 0 Å². The molecule has 1 amide bonds. The van der Waals surface area contributed by atoms with Crippen LogP contribution >= 0.6 is 0 Å². The minimum absolute atomic E-state index is 0.0123. The van der Waals surface area contributed by atoms with Crippen molar-refractivity contribution in [3.63, 3.8) is 0 Å². The van der Waals surface area contributed by atoms with E-state index in [9.17, 15) is 18.0 Å². The third-order valence-corrected chi connectivity index (χ3v) is 5.76. The highest BCUT2D eigenvalue weighted by molar-refractivity contribution is 7.92. The third-order valence-electron chi connectivity index (χ3n) is 4.37. The average Bonchev–Trinajstić information content (AvgIpc) is 3.06. The maximum Gasteiger partial charge on any atom is 0.303 e. The highest BCUT2D eigenvalue weighted by Crippen LogP contribution is 2.31. The van der Waals surface area contributed by atoms with E-state index in [0.29, 0.717) is 30.8 Å². The molecule has 2 aromatic carbocycles. The predicted octanol–water partition coefficient (Wildman–Crippen LogP) is 2.63. The van der Waals surface area contributed by atoms with Gasteiger partial charge in [0.2, 0.25) is 5.91 Å². The number of rotatable bonds is 7. The number of nitrogens with zero attached hydrogens (tertiary/aromatic N) is 1. The van der Waals surface area contributed by atoms with Crippen LogP contribution in [0.5, 0.6) is 0 Å². The van der Waals surface area contributed by atoms with E-state index in [0.717, 1.165) is 12.0 Å². The topological polar surface area (TPSA) is 104 Å². The molecule has 142 valence electrons. The molecule has 1 aliphatic rings. The quantitative estimate of drug-likeness (QED) is 0.759. The largest absolute Gasteiger partial charge is 0.481 e. The summed E-state index contributed by atoms with van der Waals surface area (Å²) in [5, 5.41) is 8.72. The highest BCUT2D eigenvalue weighted by atomic mass is 32.2. The molecule has 1 aliphatic heterocycles. The van der Waals surface area contributed by atoms with Crippen molar-refractivity contribution in [3.05, 3.63) is 54.1 Å². The van der Waals surface area contributed by atoms with E-state index in [1.165, 1.54) is 12.1 Å². The molecule has 1 saturated heterocycles. The lowest BCUT2D eigenvalue weighted by molar-refractivity contribution is -0.137. The molecule has 2 aromatic rings. The van der Waals surface area contributed by atoms with Crippen LogP contribution in [0.2, 0.25) is 0 Å². The molecule has 27 heavy (non-hydrogen) atoms. The Morgan fingerprint density at radius 3 is 2.44 bits per heavy atom. The Morgan fingerprint density at radius 2 is 1.81 bits per heavy atom. The number of carboxylic acids is 1. The van der Waals surface area contributed by atoms with Crippen LogP contribution in [0.15, 0.2) is 53.4 Å². The summed E-state index contributed by atoms with van der Waals surface area (Å²) >= 11 is 0. The van der Waals surface area contributed by atoms with Crippen molar-refractivity contribution >= 4 is 33.3 Å². The Kier molecular flexibility index (Phi) is 5.46. The molecule has 0 bridgehead atoms. The molecular weight excluding hydrogens is 368 g/mol. The van der Waals surface area contributed by atoms with Crippen molar-refractivity contribution in [2.75, 3.05) is 16.2 Å². The zero-order valence-electron chi connectivity index (χ0n) is 14.6. The van der Waals surface area contributed by atoms with Crippen LogP contribution in [0.1, 0.15) is 24.8 Å². The normalized spacial score (nSPS) is 14.4. The van der Waals surface area contributed by atoms with Gasteiger partial charge in [-0.1, -0.05) is 24.3 Å². The van der Waals surface area contributed by atoms with Crippen molar-refractivity contribution in [1.29, 1.82) is 0 Å². The third kappa shape index (κ3) is 4.46. The number of hydrogen-bond donors (Lipinski definition) is 2. The lowest BCUT2D eigenvalue weighted by Crippen LogP contribution is -2.25. The molecule has 0 unspecified atom stereocenters. The molecule has 7 nitrogen and oxygen atoms in total. The molecular formula is C19H20N2O5S. The van der Waals surface area contributed by atoms with Crippen LogP contribution in [-0.4, -0.2) is 31.9 Å². The fourth-order valence-corrected chi connectivity index (χ4v) is 4.06. The molecule has 0 saturated carbocycles. The first-order chi connectivity index (χ1) is 12.9. The van der Waals surface area contributed by atoms with Gasteiger partial charge < -0.3 is 10.0 Å². The van der Waals surface area contributed by atoms with Crippen molar-refractivity contribution in [2.45, 2.75) is 30.6 Å². The van der Waals surface area contributed by atoms with Gasteiger partial charge in [0.1, 0.15) is 0 Å². The number of nitrogens with one attached hydrogen (secondary N) is 1. The highest BCUT2D eigenvalue weighted by Gasteiger charge is 2.25. The molecule has 1 fully saturated rings. The fraction of sp³-hybridized carbons (Fsp3) is 0.263. The summed E-state index contributed by atoms with van der Waals surface area (Å²) in [6.07, 6.45) is 1.53. The fourth-order valence-electron chi connectivity index (χ4n) is 2.99. The molecule has 0 spiro atoms. The van der Waals surface area contributed by atoms with Gasteiger partial charge in [0.25, 0.3) is 10.0 Å². The van der Waals surface area contributed by atoms with E-state index in [4.69, 9.17) is 5.11 Å². The summed E-state index contributed by atoms with van der Waals surface area (Å²) in [6.45, 7) is 0.565. The number of amides is 1. The lowest BCUT2D eigenvalue weighted by atomic mass is 10.1. The van der Waals surface area contributed by atoms with E-state index in [2.05, 4.69) is 4.72 Å². The number of sulfonamides is 1. The first-order valence-electron chi connectivity index (χ1n) is 8.60. The Bertz CT molecular complexity index is 954. The van der Waals surface area contributed by atoms with Crippen molar-refractivity contribution < 1.29 is 23.1 Å². The van der Waals surface area contributed by atoms with Gasteiger partial charge in [0.15, 0.2) is 0 Å². The van der Waals surface area contributed by atoms with E-state index in [-0.39, 0.29) is 17.2 Å². The van der Waals surface area contributed by atoms with Crippen LogP contribution in [0.3, 0.4) is 0 Å². The van der Waals surface area contributed by atoms with Crippen LogP contribution in [-0.2, 0) is 26.0 Å². The molecule has 0 radical (unpaired) electrons. The van der Waals surface area contributed by atoms with Crippen LogP contribution in [0, 0.1) is 0 Å². The molecule has 1 heterocycles. The Morgan fingerprint density at radius 1 is 1.11 bits per heavy atom. The van der Waals surface area contributed by atoms with E-state index < -0.39 is 16.0 Å². The summed E-state index contributed by atoms with van der Waals surface area (Å²) in [5.74, 6) is -0.925. The number of anilines is 2. The number of benzene rings is 2. The summed E-state index contributed by atoms with van der Waals surface area (Å²) in [5.41, 5.74) is 1.64. The second-order valence-electron chi connectivity index (χ2n) is 6.31. The van der Waals surface area contributed by atoms with Crippen molar-refractivity contribution in [1.82, 2.24) is 0 Å². The molecule has 0 aliphatic carbocycles. The van der Waals surface area contributed by atoms with Crippen molar-refractivity contribution in [3.8, 4) is 0 Å². The van der Waals surface area contributed by atoms with Crippen LogP contribution < -0.4 is 9.62 Å². The van der Waals surface area contributed by atoms with Gasteiger partial charge in [-0.25, -0.2) is 8.42 Å². The SMILES string of the molecule is O=C(O)CCc1ccc(S(=O)(=O)Nc2ccccc2N2CCCC2=O)cc1. The number of carbonyl (C=O) groups is 2. The monoisotopic (exact) mass is 388 g/mol. The zero-order valence-corrected chi connectivity index (χ0v) is 15.4. The Balaban J connectivity index is 1.81. The smallest absolute Gasteiger partial charge is 0.303 e. The first kappa shape index (κ1) is 18.9. The number of carbonyl (C=O) groups excluding carboxylic acids is 1. The maximum atomic E-state index is 12.7. The minimum Gasteiger partial charge on any atom is -0.481 e. The van der Waals surface area contributed by atoms with Gasteiger partial charge in [0, 0.05) is 19.4 Å². The van der Waals surface area contributed by atoms with E-state index in [1.807, 2.05) is 0 Å². The van der Waals surface area contributed by atoms with E-state index >= 15 is 0 Å². The number of para-hydroxylation sites is 2. The van der Waals surface area contributed by atoms with Gasteiger partial charge in [0.05, 0.1) is 16.3 Å². The Labute approximate surface area is 157 Å². The van der Waals surface area contributed by atoms with Crippen molar-refractivity contribution in [2.24, 2.45) is 0 Å². The number of aliphatic carboxylic acids is 1. The summed E-state index contributed by atoms with van der Waals surface area (Å²) < 4.78 is 28.0. The summed E-state index contributed by atoms with van der Waals surface area (Å²) in [6, 6.07) is 12.9. The molecule has 3 rings (SSSR count). The predicted molar refractivity (Wildman–Crippen MR) is 101 cm³/mol. The average molecular weight is 388 g/mol. The molecule has 2 N–H and O–H groups in total. The van der Waals surface area contributed by atoms with Gasteiger partial charge in [-0.2, -0.15) is 0 Å². The van der Waals surface area contributed by atoms with E-state index in [1.54, 1.807) is 41.3 Å². The minimum atomic E-state index is -3.84. The van der Waals surface area contributed by atoms with Gasteiger partial charge in [-0.15, -0.1) is 0 Å². The molecule has 0 aromatic heterocycles. The molecule has 8 heteroatoms. The first-order valence-corrected chi connectivity index (χ1v) is 10.1. The number of hydrogen-bond acceptors (Lipinski definition) is 4. The van der Waals surface area contributed by atoms with Gasteiger partial charge in [-0.3, -0.25) is 14.3 Å². The standard InChI is InChI=1S/C19H20N2O5S/c22-18-6-3-13-21(18)17-5-2-1-4-16(17)20-27(25,26)15-10-7-14(8-11-15)9-12-19(23)24/h1-2,4-5,7-8,10-11,20H,3,6,9,12-13H2,(H,23,24). The number of carboxylic acid groups (broad SMARTS) is 1.